The molecule has 0 saturated heterocycles. The zero-order valence-corrected chi connectivity index (χ0v) is 15.4. The molecule has 3 N–H and O–H groups in total. The van der Waals surface area contributed by atoms with Gasteiger partial charge in [0.05, 0.1) is 24.3 Å². The molecule has 0 fully saturated rings. The van der Waals surface area contributed by atoms with Gasteiger partial charge in [0.2, 0.25) is 0 Å². The minimum atomic E-state index is -1.06. The van der Waals surface area contributed by atoms with Gasteiger partial charge in [-0.15, -0.1) is 0 Å². The van der Waals surface area contributed by atoms with Gasteiger partial charge in [0.25, 0.3) is 5.91 Å². The van der Waals surface area contributed by atoms with Crippen LogP contribution in [0.4, 0.5) is 14.5 Å². The number of rotatable bonds is 4. The number of halogens is 2. The molecular formula is C19H17F2N3O2S. The molecule has 1 aliphatic rings. The minimum absolute atomic E-state index is 0.142. The van der Waals surface area contributed by atoms with E-state index in [-0.39, 0.29) is 16.2 Å². The molecule has 0 aliphatic carbocycles. The summed E-state index contributed by atoms with van der Waals surface area (Å²) in [7, 11) is 1.54. The molecule has 5 nitrogen and oxygen atoms in total. The average Bonchev–Trinajstić information content (AvgIpc) is 2.61. The Morgan fingerprint density at radius 2 is 1.78 bits per heavy atom. The van der Waals surface area contributed by atoms with E-state index in [1.54, 1.807) is 31.2 Å². The van der Waals surface area contributed by atoms with Gasteiger partial charge < -0.3 is 20.7 Å². The van der Waals surface area contributed by atoms with Gasteiger partial charge in [-0.1, -0.05) is 6.07 Å². The second kappa shape index (κ2) is 7.71. The Balaban J connectivity index is 1.97. The average molecular weight is 389 g/mol. The number of thiocarbonyl (C=S) groups is 1. The molecule has 0 bridgehead atoms. The zero-order valence-electron chi connectivity index (χ0n) is 14.6. The van der Waals surface area contributed by atoms with Gasteiger partial charge in [0, 0.05) is 11.4 Å². The number of benzene rings is 2. The Hall–Kier alpha value is -3.00. The second-order valence-corrected chi connectivity index (χ2v) is 6.30. The van der Waals surface area contributed by atoms with Crippen LogP contribution in [0.25, 0.3) is 0 Å². The lowest BCUT2D eigenvalue weighted by molar-refractivity contribution is -0.113. The Morgan fingerprint density at radius 1 is 1.15 bits per heavy atom. The Bertz CT molecular complexity index is 909. The summed E-state index contributed by atoms with van der Waals surface area (Å²) in [6.07, 6.45) is 0. The molecule has 0 unspecified atom stereocenters. The van der Waals surface area contributed by atoms with E-state index < -0.39 is 23.6 Å². The highest BCUT2D eigenvalue weighted by Gasteiger charge is 2.33. The van der Waals surface area contributed by atoms with Gasteiger partial charge in [-0.25, -0.2) is 8.78 Å². The van der Waals surface area contributed by atoms with Crippen molar-refractivity contribution >= 4 is 28.9 Å². The number of hydrogen-bond acceptors (Lipinski definition) is 3. The van der Waals surface area contributed by atoms with Crippen molar-refractivity contribution in [3.05, 3.63) is 70.9 Å². The molecule has 0 spiro atoms. The topological polar surface area (TPSA) is 62.4 Å². The lowest BCUT2D eigenvalue weighted by atomic mass is 9.94. The maximum atomic E-state index is 14.3. The number of hydrogen-bond donors (Lipinski definition) is 3. The molecule has 1 aliphatic heterocycles. The second-order valence-electron chi connectivity index (χ2n) is 5.89. The first kappa shape index (κ1) is 18.8. The van der Waals surface area contributed by atoms with E-state index in [0.717, 1.165) is 12.1 Å². The largest absolute Gasteiger partial charge is 0.497 e. The van der Waals surface area contributed by atoms with Crippen molar-refractivity contribution in [3.63, 3.8) is 0 Å². The molecule has 2 aromatic rings. The van der Waals surface area contributed by atoms with Crippen molar-refractivity contribution in [2.75, 3.05) is 12.4 Å². The third-order valence-corrected chi connectivity index (χ3v) is 4.37. The summed E-state index contributed by atoms with van der Waals surface area (Å²) in [4.78, 5) is 12.9. The van der Waals surface area contributed by atoms with Crippen LogP contribution in [-0.4, -0.2) is 18.1 Å². The van der Waals surface area contributed by atoms with Crippen LogP contribution in [0.1, 0.15) is 18.5 Å². The summed E-state index contributed by atoms with van der Waals surface area (Å²) >= 11 is 5.10. The molecule has 0 radical (unpaired) electrons. The van der Waals surface area contributed by atoms with Crippen LogP contribution in [-0.2, 0) is 4.79 Å². The molecule has 8 heteroatoms. The number of allylic oxidation sites excluding steroid dienone is 1. The van der Waals surface area contributed by atoms with Gasteiger partial charge in [0.15, 0.2) is 5.11 Å². The van der Waals surface area contributed by atoms with Crippen molar-refractivity contribution in [2.24, 2.45) is 0 Å². The highest BCUT2D eigenvalue weighted by atomic mass is 32.1. The lowest BCUT2D eigenvalue weighted by Crippen LogP contribution is -2.46. The van der Waals surface area contributed by atoms with Crippen molar-refractivity contribution in [1.29, 1.82) is 0 Å². The third-order valence-electron chi connectivity index (χ3n) is 4.15. The van der Waals surface area contributed by atoms with E-state index in [1.165, 1.54) is 13.2 Å². The zero-order chi connectivity index (χ0) is 19.6. The number of methoxy groups -OCH3 is 1. The number of carbonyl (C=O) groups is 1. The first-order valence-electron chi connectivity index (χ1n) is 8.08. The fourth-order valence-corrected chi connectivity index (χ4v) is 3.14. The van der Waals surface area contributed by atoms with Crippen molar-refractivity contribution in [3.8, 4) is 5.75 Å². The number of carbonyl (C=O) groups excluding carboxylic acids is 1. The first-order valence-corrected chi connectivity index (χ1v) is 8.49. The van der Waals surface area contributed by atoms with Gasteiger partial charge in [-0.05, 0) is 55.5 Å². The smallest absolute Gasteiger partial charge is 0.255 e. The van der Waals surface area contributed by atoms with Crippen LogP contribution in [0.15, 0.2) is 53.7 Å². The minimum Gasteiger partial charge on any atom is -0.497 e. The van der Waals surface area contributed by atoms with E-state index >= 15 is 0 Å². The lowest BCUT2D eigenvalue weighted by Gasteiger charge is -2.30. The highest BCUT2D eigenvalue weighted by molar-refractivity contribution is 7.80. The predicted molar refractivity (Wildman–Crippen MR) is 102 cm³/mol. The number of nitrogens with one attached hydrogen (secondary N) is 3. The molecule has 1 amide bonds. The Kier molecular flexibility index (Phi) is 5.36. The van der Waals surface area contributed by atoms with Crippen LogP contribution in [0.3, 0.4) is 0 Å². The van der Waals surface area contributed by atoms with Gasteiger partial charge in [0.1, 0.15) is 17.4 Å². The fraction of sp³-hybridized carbons (Fsp3) is 0.158. The van der Waals surface area contributed by atoms with E-state index in [9.17, 15) is 13.6 Å². The summed E-state index contributed by atoms with van der Waals surface area (Å²) < 4.78 is 33.7. The Labute approximate surface area is 160 Å². The van der Waals surface area contributed by atoms with E-state index in [0.29, 0.717) is 17.1 Å². The monoisotopic (exact) mass is 389 g/mol. The van der Waals surface area contributed by atoms with Gasteiger partial charge in [-0.3, -0.25) is 4.79 Å². The summed E-state index contributed by atoms with van der Waals surface area (Å²) in [5.41, 5.74) is 0.809. The van der Waals surface area contributed by atoms with Crippen molar-refractivity contribution < 1.29 is 18.3 Å². The highest BCUT2D eigenvalue weighted by Crippen LogP contribution is 2.31. The van der Waals surface area contributed by atoms with Crippen molar-refractivity contribution in [2.45, 2.75) is 13.0 Å². The molecular weight excluding hydrogens is 372 g/mol. The maximum absolute atomic E-state index is 14.3. The molecule has 1 heterocycles. The quantitative estimate of drug-likeness (QED) is 0.700. The van der Waals surface area contributed by atoms with E-state index in [2.05, 4.69) is 16.0 Å². The standard InChI is InChI=1S/C19H17F2N3O2S/c1-10-15(18(25)23-11-6-8-12(26-2)9-7-11)17(24-19(27)22-10)16-13(20)4-3-5-14(16)21/h3-9,17H,1-2H3,(H,23,25)(H2,22,24,27)/t17-/m0/s1. The van der Waals surface area contributed by atoms with E-state index in [4.69, 9.17) is 17.0 Å². The normalized spacial score (nSPS) is 16.4. The molecule has 2 aromatic carbocycles. The van der Waals surface area contributed by atoms with Crippen molar-refractivity contribution in [1.82, 2.24) is 10.6 Å². The molecule has 140 valence electrons. The van der Waals surface area contributed by atoms with Gasteiger partial charge in [-0.2, -0.15) is 0 Å². The fourth-order valence-electron chi connectivity index (χ4n) is 2.87. The molecule has 0 aromatic heterocycles. The first-order chi connectivity index (χ1) is 12.9. The van der Waals surface area contributed by atoms with Crippen LogP contribution in [0.2, 0.25) is 0 Å². The molecule has 3 rings (SSSR count). The van der Waals surface area contributed by atoms with Crippen LogP contribution >= 0.6 is 12.2 Å². The van der Waals surface area contributed by atoms with Crippen LogP contribution in [0, 0.1) is 11.6 Å². The van der Waals surface area contributed by atoms with Crippen LogP contribution in [0.5, 0.6) is 5.75 Å². The number of ether oxygens (including phenoxy) is 1. The summed E-state index contributed by atoms with van der Waals surface area (Å²) in [5, 5.41) is 8.52. The molecule has 27 heavy (non-hydrogen) atoms. The number of amides is 1. The summed E-state index contributed by atoms with van der Waals surface area (Å²) in [6, 6.07) is 9.20. The predicted octanol–water partition coefficient (Wildman–Crippen LogP) is 3.40. The SMILES string of the molecule is COc1ccc(NC(=O)C2=C(C)NC(=S)N[C@@H]2c2c(F)cccc2F)cc1. The number of anilines is 1. The molecule has 0 saturated carbocycles. The van der Waals surface area contributed by atoms with Gasteiger partial charge >= 0.3 is 0 Å². The summed E-state index contributed by atoms with van der Waals surface area (Å²) in [5.74, 6) is -1.40. The summed E-state index contributed by atoms with van der Waals surface area (Å²) in [6.45, 7) is 1.63. The third kappa shape index (κ3) is 3.90. The Morgan fingerprint density at radius 3 is 2.37 bits per heavy atom. The maximum Gasteiger partial charge on any atom is 0.255 e. The molecule has 1 atom stereocenters. The van der Waals surface area contributed by atoms with Crippen LogP contribution < -0.4 is 20.7 Å². The van der Waals surface area contributed by atoms with E-state index in [1.807, 2.05) is 0 Å².